The van der Waals surface area contributed by atoms with Crippen LogP contribution < -0.4 is 0 Å². The predicted octanol–water partition coefficient (Wildman–Crippen LogP) is 1.60. The number of nitrogens with zero attached hydrogens (tertiary/aromatic N) is 3. The minimum atomic E-state index is -0.349. The second-order valence-electron chi connectivity index (χ2n) is 5.74. The van der Waals surface area contributed by atoms with Crippen molar-refractivity contribution in [1.29, 1.82) is 5.26 Å². The zero-order chi connectivity index (χ0) is 13.1. The Hall–Kier alpha value is -1.50. The molecular formula is C13H21N3O. The van der Waals surface area contributed by atoms with E-state index in [1.165, 1.54) is 0 Å². The van der Waals surface area contributed by atoms with Gasteiger partial charge in [-0.25, -0.2) is 0 Å². The first-order valence-corrected chi connectivity index (χ1v) is 5.91. The van der Waals surface area contributed by atoms with Gasteiger partial charge in [-0.1, -0.05) is 27.4 Å². The van der Waals surface area contributed by atoms with Gasteiger partial charge in [0.05, 0.1) is 12.6 Å². The fraction of sp³-hybridized carbons (Fsp3) is 0.692. The molecule has 4 nitrogen and oxygen atoms in total. The van der Waals surface area contributed by atoms with E-state index in [0.29, 0.717) is 13.1 Å². The summed E-state index contributed by atoms with van der Waals surface area (Å²) < 4.78 is 0. The second-order valence-corrected chi connectivity index (χ2v) is 5.74. The van der Waals surface area contributed by atoms with Crippen LogP contribution in [0.3, 0.4) is 0 Å². The van der Waals surface area contributed by atoms with Crippen LogP contribution in [0.1, 0.15) is 27.2 Å². The van der Waals surface area contributed by atoms with Crippen LogP contribution in [-0.2, 0) is 4.79 Å². The van der Waals surface area contributed by atoms with Gasteiger partial charge in [0.15, 0.2) is 0 Å². The van der Waals surface area contributed by atoms with Crippen LogP contribution in [0, 0.1) is 16.7 Å². The molecule has 4 heteroatoms. The van der Waals surface area contributed by atoms with Crippen LogP contribution in [-0.4, -0.2) is 41.9 Å². The number of hydrogen-bond donors (Lipinski definition) is 0. The van der Waals surface area contributed by atoms with Gasteiger partial charge in [-0.2, -0.15) is 5.26 Å². The highest BCUT2D eigenvalue weighted by Gasteiger charge is 2.27. The van der Waals surface area contributed by atoms with Gasteiger partial charge in [-0.05, 0) is 11.8 Å². The Morgan fingerprint density at radius 3 is 2.65 bits per heavy atom. The third kappa shape index (κ3) is 3.77. The third-order valence-electron chi connectivity index (χ3n) is 2.89. The SMILES string of the molecule is C=C(CC(C)(C)C)N1CCN(C=O)C(C#N)C1. The number of amides is 1. The van der Waals surface area contributed by atoms with Gasteiger partial charge in [0.2, 0.25) is 6.41 Å². The van der Waals surface area contributed by atoms with Crippen molar-refractivity contribution in [1.82, 2.24) is 9.80 Å². The minimum absolute atomic E-state index is 0.195. The zero-order valence-corrected chi connectivity index (χ0v) is 10.9. The summed E-state index contributed by atoms with van der Waals surface area (Å²) >= 11 is 0. The molecule has 0 N–H and O–H groups in total. The lowest BCUT2D eigenvalue weighted by molar-refractivity contribution is -0.121. The van der Waals surface area contributed by atoms with Gasteiger partial charge >= 0.3 is 0 Å². The number of carbonyl (C=O) groups is 1. The van der Waals surface area contributed by atoms with Gasteiger partial charge < -0.3 is 9.80 Å². The number of allylic oxidation sites excluding steroid dienone is 1. The smallest absolute Gasteiger partial charge is 0.210 e. The Morgan fingerprint density at radius 2 is 2.18 bits per heavy atom. The molecule has 1 rings (SSSR count). The van der Waals surface area contributed by atoms with E-state index in [1.54, 1.807) is 4.90 Å². The lowest BCUT2D eigenvalue weighted by Crippen LogP contribution is -2.51. The predicted molar refractivity (Wildman–Crippen MR) is 67.0 cm³/mol. The molecule has 1 heterocycles. The fourth-order valence-corrected chi connectivity index (χ4v) is 2.05. The van der Waals surface area contributed by atoms with Crippen molar-refractivity contribution in [2.75, 3.05) is 19.6 Å². The monoisotopic (exact) mass is 235 g/mol. The summed E-state index contributed by atoms with van der Waals surface area (Å²) in [6, 6.07) is 1.82. The van der Waals surface area contributed by atoms with E-state index in [-0.39, 0.29) is 11.5 Å². The minimum Gasteiger partial charge on any atom is -0.370 e. The Morgan fingerprint density at radius 1 is 1.53 bits per heavy atom. The highest BCUT2D eigenvalue weighted by Crippen LogP contribution is 2.26. The van der Waals surface area contributed by atoms with E-state index in [1.807, 2.05) is 0 Å². The summed E-state index contributed by atoms with van der Waals surface area (Å²) in [6.45, 7) is 12.5. The number of nitriles is 1. The standard InChI is InChI=1S/C13H21N3O/c1-11(7-13(2,3)4)15-5-6-16(10-17)12(8-14)9-15/h10,12H,1,5-7,9H2,2-4H3. The second kappa shape index (κ2) is 5.22. The van der Waals surface area contributed by atoms with Gasteiger partial charge in [0.1, 0.15) is 6.04 Å². The van der Waals surface area contributed by atoms with Crippen LogP contribution in [0.25, 0.3) is 0 Å². The van der Waals surface area contributed by atoms with E-state index < -0.39 is 0 Å². The Bertz CT molecular complexity index is 338. The normalized spacial score (nSPS) is 20.9. The Kier molecular flexibility index (Phi) is 4.17. The average molecular weight is 235 g/mol. The van der Waals surface area contributed by atoms with Gasteiger partial charge in [-0.3, -0.25) is 4.79 Å². The Labute approximate surface area is 103 Å². The molecule has 1 fully saturated rings. The summed E-state index contributed by atoms with van der Waals surface area (Å²) in [5.41, 5.74) is 1.25. The maximum Gasteiger partial charge on any atom is 0.210 e. The summed E-state index contributed by atoms with van der Waals surface area (Å²) in [6.07, 6.45) is 1.67. The van der Waals surface area contributed by atoms with Crippen molar-refractivity contribution < 1.29 is 4.79 Å². The van der Waals surface area contributed by atoms with Gasteiger partial charge in [0.25, 0.3) is 0 Å². The molecule has 0 radical (unpaired) electrons. The number of piperazine rings is 1. The average Bonchev–Trinajstić information content (AvgIpc) is 2.25. The van der Waals surface area contributed by atoms with Crippen molar-refractivity contribution in [2.24, 2.45) is 5.41 Å². The molecule has 0 aromatic heterocycles. The largest absolute Gasteiger partial charge is 0.370 e. The van der Waals surface area contributed by atoms with Gasteiger partial charge in [-0.15, -0.1) is 0 Å². The molecule has 1 aliphatic heterocycles. The molecule has 1 unspecified atom stereocenters. The van der Waals surface area contributed by atoms with Crippen LogP contribution in [0.2, 0.25) is 0 Å². The topological polar surface area (TPSA) is 47.3 Å². The third-order valence-corrected chi connectivity index (χ3v) is 2.89. The molecule has 1 amide bonds. The van der Waals surface area contributed by atoms with Crippen molar-refractivity contribution in [3.05, 3.63) is 12.3 Å². The van der Waals surface area contributed by atoms with Crippen molar-refractivity contribution in [3.8, 4) is 6.07 Å². The molecule has 1 aliphatic rings. The molecule has 0 spiro atoms. The summed E-state index contributed by atoms with van der Waals surface area (Å²) in [4.78, 5) is 14.4. The van der Waals surface area contributed by atoms with Crippen molar-refractivity contribution in [2.45, 2.75) is 33.2 Å². The maximum atomic E-state index is 10.8. The van der Waals surface area contributed by atoms with E-state index in [0.717, 1.165) is 25.1 Å². The van der Waals surface area contributed by atoms with Crippen LogP contribution in [0.4, 0.5) is 0 Å². The maximum absolute atomic E-state index is 10.8. The summed E-state index contributed by atoms with van der Waals surface area (Å²) in [5.74, 6) is 0. The number of rotatable bonds is 3. The van der Waals surface area contributed by atoms with E-state index in [9.17, 15) is 4.79 Å². The molecular weight excluding hydrogens is 214 g/mol. The van der Waals surface area contributed by atoms with E-state index in [4.69, 9.17) is 5.26 Å². The summed E-state index contributed by atoms with van der Waals surface area (Å²) in [7, 11) is 0. The fourth-order valence-electron chi connectivity index (χ4n) is 2.05. The Balaban J connectivity index is 2.61. The number of hydrogen-bond acceptors (Lipinski definition) is 3. The molecule has 0 aromatic rings. The van der Waals surface area contributed by atoms with E-state index >= 15 is 0 Å². The van der Waals surface area contributed by atoms with Crippen LogP contribution >= 0.6 is 0 Å². The lowest BCUT2D eigenvalue weighted by Gasteiger charge is -2.39. The first kappa shape index (κ1) is 13.6. The molecule has 94 valence electrons. The molecule has 0 bridgehead atoms. The van der Waals surface area contributed by atoms with Crippen LogP contribution in [0.15, 0.2) is 12.3 Å². The molecule has 17 heavy (non-hydrogen) atoms. The van der Waals surface area contributed by atoms with Gasteiger partial charge in [0, 0.05) is 18.8 Å². The highest BCUT2D eigenvalue weighted by atomic mass is 16.1. The molecule has 0 aliphatic carbocycles. The highest BCUT2D eigenvalue weighted by molar-refractivity contribution is 5.49. The molecule has 1 saturated heterocycles. The molecule has 1 atom stereocenters. The molecule has 0 aromatic carbocycles. The number of carbonyl (C=O) groups excluding carboxylic acids is 1. The molecule has 0 saturated carbocycles. The van der Waals surface area contributed by atoms with Crippen molar-refractivity contribution >= 4 is 6.41 Å². The lowest BCUT2D eigenvalue weighted by atomic mass is 9.90. The van der Waals surface area contributed by atoms with Crippen molar-refractivity contribution in [3.63, 3.8) is 0 Å². The quantitative estimate of drug-likeness (QED) is 0.698. The van der Waals surface area contributed by atoms with Crippen LogP contribution in [0.5, 0.6) is 0 Å². The zero-order valence-electron chi connectivity index (χ0n) is 10.9. The summed E-state index contributed by atoms with van der Waals surface area (Å²) in [5, 5.41) is 9.02. The first-order valence-electron chi connectivity index (χ1n) is 5.91. The van der Waals surface area contributed by atoms with E-state index in [2.05, 4.69) is 38.3 Å². The first-order chi connectivity index (χ1) is 7.87.